The summed E-state index contributed by atoms with van der Waals surface area (Å²) in [5, 5.41) is 20.1. The van der Waals surface area contributed by atoms with Gasteiger partial charge in [0.1, 0.15) is 6.23 Å². The molecule has 0 amide bonds. The molecule has 1 aliphatic rings. The first-order valence-corrected chi connectivity index (χ1v) is 2.84. The van der Waals surface area contributed by atoms with Crippen LogP contribution in [0.5, 0.6) is 0 Å². The zero-order chi connectivity index (χ0) is 6.85. The van der Waals surface area contributed by atoms with Crippen molar-refractivity contribution in [1.29, 1.82) is 0 Å². The molecule has 4 nitrogen and oxygen atoms in total. The molecule has 1 rings (SSSR count). The molecule has 1 fully saturated rings. The van der Waals surface area contributed by atoms with E-state index in [4.69, 9.17) is 10.2 Å². The predicted molar refractivity (Wildman–Crippen MR) is 29.6 cm³/mol. The molecule has 1 saturated heterocycles. The molecule has 0 saturated carbocycles. The molecule has 0 aromatic heterocycles. The lowest BCUT2D eigenvalue weighted by Gasteiger charge is -2.22. The first kappa shape index (κ1) is 6.67. The standard InChI is InChI=1S/C5H9NO3/c7-3-1-2-6-5(9)4(3)8/h4-6,8-9H,1-2H2. The van der Waals surface area contributed by atoms with Gasteiger partial charge in [-0.05, 0) is 0 Å². The minimum Gasteiger partial charge on any atom is -0.381 e. The van der Waals surface area contributed by atoms with Crippen molar-refractivity contribution in [2.24, 2.45) is 0 Å². The smallest absolute Gasteiger partial charge is 0.166 e. The molecule has 52 valence electrons. The average Bonchev–Trinajstić information content (AvgIpc) is 1.83. The highest BCUT2D eigenvalue weighted by Gasteiger charge is 2.27. The predicted octanol–water partition coefficient (Wildman–Crippen LogP) is -1.77. The number of carbonyl (C=O) groups is 1. The molecule has 0 aromatic carbocycles. The van der Waals surface area contributed by atoms with Crippen molar-refractivity contribution < 1.29 is 15.0 Å². The van der Waals surface area contributed by atoms with Crippen molar-refractivity contribution in [3.05, 3.63) is 0 Å². The molecule has 0 radical (unpaired) electrons. The highest BCUT2D eigenvalue weighted by molar-refractivity contribution is 5.84. The Morgan fingerprint density at radius 2 is 2.22 bits per heavy atom. The molecule has 9 heavy (non-hydrogen) atoms. The summed E-state index contributed by atoms with van der Waals surface area (Å²) in [5.74, 6) is -0.291. The van der Waals surface area contributed by atoms with E-state index in [1.54, 1.807) is 0 Å². The fourth-order valence-corrected chi connectivity index (χ4v) is 0.779. The molecule has 4 heteroatoms. The lowest BCUT2D eigenvalue weighted by Crippen LogP contribution is -2.50. The van der Waals surface area contributed by atoms with Gasteiger partial charge < -0.3 is 10.2 Å². The van der Waals surface area contributed by atoms with E-state index >= 15 is 0 Å². The minimum atomic E-state index is -1.22. The van der Waals surface area contributed by atoms with Crippen molar-refractivity contribution in [3.8, 4) is 0 Å². The Balaban J connectivity index is 2.51. The van der Waals surface area contributed by atoms with Gasteiger partial charge in [0, 0.05) is 13.0 Å². The average molecular weight is 131 g/mol. The zero-order valence-corrected chi connectivity index (χ0v) is 4.87. The fourth-order valence-electron chi connectivity index (χ4n) is 0.779. The number of Topliss-reactive ketones (excluding diaryl/α,β-unsaturated/α-hetero) is 1. The van der Waals surface area contributed by atoms with Gasteiger partial charge in [-0.2, -0.15) is 0 Å². The molecule has 0 aliphatic carbocycles. The third-order valence-corrected chi connectivity index (χ3v) is 1.35. The summed E-state index contributed by atoms with van der Waals surface area (Å²) in [6.07, 6.45) is -1.98. The number of rotatable bonds is 0. The number of aliphatic hydroxyl groups is 2. The summed E-state index contributed by atoms with van der Waals surface area (Å²) in [6, 6.07) is 0. The molecule has 3 N–H and O–H groups in total. The van der Waals surface area contributed by atoms with Crippen LogP contribution in [-0.2, 0) is 4.79 Å². The minimum absolute atomic E-state index is 0.291. The second-order valence-electron chi connectivity index (χ2n) is 2.06. The molecule has 1 aliphatic heterocycles. The summed E-state index contributed by atoms with van der Waals surface area (Å²) in [5.41, 5.74) is 0. The van der Waals surface area contributed by atoms with Crippen LogP contribution >= 0.6 is 0 Å². The lowest BCUT2D eigenvalue weighted by molar-refractivity contribution is -0.137. The molecular weight excluding hydrogens is 122 g/mol. The van der Waals surface area contributed by atoms with Gasteiger partial charge in [0.15, 0.2) is 11.9 Å². The van der Waals surface area contributed by atoms with Crippen molar-refractivity contribution >= 4 is 5.78 Å². The highest BCUT2D eigenvalue weighted by Crippen LogP contribution is 2.00. The van der Waals surface area contributed by atoms with Gasteiger partial charge in [0.25, 0.3) is 0 Å². The van der Waals surface area contributed by atoms with Crippen LogP contribution in [0.3, 0.4) is 0 Å². The van der Waals surface area contributed by atoms with Gasteiger partial charge in [0.05, 0.1) is 0 Å². The molecule has 2 atom stereocenters. The number of aliphatic hydroxyl groups excluding tert-OH is 2. The molecule has 1 heterocycles. The van der Waals surface area contributed by atoms with Gasteiger partial charge in [-0.25, -0.2) is 0 Å². The number of piperidine rings is 1. The van der Waals surface area contributed by atoms with E-state index in [0.29, 0.717) is 13.0 Å². The monoisotopic (exact) mass is 131 g/mol. The van der Waals surface area contributed by atoms with E-state index in [0.717, 1.165) is 0 Å². The third kappa shape index (κ3) is 1.27. The van der Waals surface area contributed by atoms with Crippen LogP contribution in [0.25, 0.3) is 0 Å². The number of carbonyl (C=O) groups excluding carboxylic acids is 1. The van der Waals surface area contributed by atoms with Crippen LogP contribution in [0.2, 0.25) is 0 Å². The summed E-state index contributed by atoms with van der Waals surface area (Å²) in [7, 11) is 0. The molecule has 0 aromatic rings. The van der Waals surface area contributed by atoms with Gasteiger partial charge in [-0.3, -0.25) is 10.1 Å². The second-order valence-corrected chi connectivity index (χ2v) is 2.06. The maximum Gasteiger partial charge on any atom is 0.166 e. The van der Waals surface area contributed by atoms with Crippen LogP contribution in [0.1, 0.15) is 6.42 Å². The lowest BCUT2D eigenvalue weighted by atomic mass is 10.1. The van der Waals surface area contributed by atoms with Crippen molar-refractivity contribution in [3.63, 3.8) is 0 Å². The maximum absolute atomic E-state index is 10.6. The van der Waals surface area contributed by atoms with Gasteiger partial charge in [-0.1, -0.05) is 0 Å². The van der Waals surface area contributed by atoms with E-state index in [9.17, 15) is 4.79 Å². The third-order valence-electron chi connectivity index (χ3n) is 1.35. The van der Waals surface area contributed by atoms with Crippen molar-refractivity contribution in [2.45, 2.75) is 18.8 Å². The maximum atomic E-state index is 10.6. The summed E-state index contributed by atoms with van der Waals surface area (Å²) >= 11 is 0. The molecule has 2 unspecified atom stereocenters. The largest absolute Gasteiger partial charge is 0.381 e. The zero-order valence-electron chi connectivity index (χ0n) is 4.87. The van der Waals surface area contributed by atoms with Crippen molar-refractivity contribution in [1.82, 2.24) is 5.32 Å². The molecule has 0 bridgehead atoms. The Bertz CT molecular complexity index is 125. The fraction of sp³-hybridized carbons (Fsp3) is 0.800. The van der Waals surface area contributed by atoms with E-state index in [2.05, 4.69) is 5.32 Å². The molecular formula is C5H9NO3. The van der Waals surface area contributed by atoms with Crippen LogP contribution in [0.4, 0.5) is 0 Å². The van der Waals surface area contributed by atoms with E-state index in [1.165, 1.54) is 0 Å². The Morgan fingerprint density at radius 1 is 1.56 bits per heavy atom. The Hall–Kier alpha value is -0.450. The summed E-state index contributed by atoms with van der Waals surface area (Å²) < 4.78 is 0. The van der Waals surface area contributed by atoms with E-state index in [-0.39, 0.29) is 5.78 Å². The van der Waals surface area contributed by atoms with Crippen molar-refractivity contribution in [2.75, 3.05) is 6.54 Å². The summed E-state index contributed by atoms with van der Waals surface area (Å²) in [6.45, 7) is 0.455. The van der Waals surface area contributed by atoms with Gasteiger partial charge in [-0.15, -0.1) is 0 Å². The quantitative estimate of drug-likeness (QED) is 0.364. The van der Waals surface area contributed by atoms with Gasteiger partial charge >= 0.3 is 0 Å². The van der Waals surface area contributed by atoms with E-state index in [1.807, 2.05) is 0 Å². The van der Waals surface area contributed by atoms with Crippen LogP contribution in [-0.4, -0.2) is 34.9 Å². The SMILES string of the molecule is O=C1CCNC(O)C1O. The van der Waals surface area contributed by atoms with Gasteiger partial charge in [0.2, 0.25) is 0 Å². The topological polar surface area (TPSA) is 69.6 Å². The Kier molecular flexibility index (Phi) is 1.80. The normalized spacial score (nSPS) is 36.9. The number of nitrogens with one attached hydrogen (secondary N) is 1. The van der Waals surface area contributed by atoms with E-state index < -0.39 is 12.3 Å². The number of ketones is 1. The van der Waals surface area contributed by atoms with Crippen LogP contribution < -0.4 is 5.32 Å². The summed E-state index contributed by atoms with van der Waals surface area (Å²) in [4.78, 5) is 10.6. The number of hydrogen-bond donors (Lipinski definition) is 3. The second kappa shape index (κ2) is 2.43. The first-order chi connectivity index (χ1) is 4.22. The number of hydrogen-bond acceptors (Lipinski definition) is 4. The Labute approximate surface area is 52.5 Å². The molecule has 0 spiro atoms. The van der Waals surface area contributed by atoms with Crippen LogP contribution in [0, 0.1) is 0 Å². The first-order valence-electron chi connectivity index (χ1n) is 2.84. The highest BCUT2D eigenvalue weighted by atomic mass is 16.3. The Morgan fingerprint density at radius 3 is 2.67 bits per heavy atom. The van der Waals surface area contributed by atoms with Crippen LogP contribution in [0.15, 0.2) is 0 Å².